The van der Waals surface area contributed by atoms with Crippen molar-refractivity contribution in [3.8, 4) is 11.4 Å². The molecule has 0 spiro atoms. The summed E-state index contributed by atoms with van der Waals surface area (Å²) in [6, 6.07) is 9.90. The number of aromatic nitrogens is 1. The van der Waals surface area contributed by atoms with E-state index in [4.69, 9.17) is 4.74 Å². The van der Waals surface area contributed by atoms with Crippen LogP contribution in [0.2, 0.25) is 0 Å². The van der Waals surface area contributed by atoms with Crippen LogP contribution in [-0.4, -0.2) is 34.7 Å². The molecule has 158 valence electrons. The number of imide groups is 1. The summed E-state index contributed by atoms with van der Waals surface area (Å²) >= 11 is 0. The smallest absolute Gasteiger partial charge is 0.254 e. The monoisotopic (exact) mass is 415 g/mol. The van der Waals surface area contributed by atoms with Crippen molar-refractivity contribution in [2.24, 2.45) is 40.6 Å². The second kappa shape index (κ2) is 6.42. The molecule has 6 nitrogen and oxygen atoms in total. The average Bonchev–Trinajstić information content (AvgIpc) is 3.50. The third-order valence-corrected chi connectivity index (χ3v) is 7.75. The molecule has 2 bridgehead atoms. The Morgan fingerprint density at radius 3 is 2.19 bits per heavy atom. The summed E-state index contributed by atoms with van der Waals surface area (Å²) in [5.74, 6) is 1.76. The first-order valence-electron chi connectivity index (χ1n) is 10.9. The van der Waals surface area contributed by atoms with E-state index in [1.54, 1.807) is 13.3 Å². The Bertz CT molecular complexity index is 1120. The van der Waals surface area contributed by atoms with Gasteiger partial charge < -0.3 is 9.30 Å². The fourth-order valence-electron chi connectivity index (χ4n) is 6.22. The van der Waals surface area contributed by atoms with Gasteiger partial charge in [-0.05, 0) is 74.3 Å². The van der Waals surface area contributed by atoms with Crippen LogP contribution in [0.5, 0.6) is 5.75 Å². The number of benzene rings is 1. The fraction of sp³-hybridized carbons (Fsp3) is 0.400. The zero-order valence-corrected chi connectivity index (χ0v) is 17.9. The minimum Gasteiger partial charge on any atom is -0.497 e. The van der Waals surface area contributed by atoms with Gasteiger partial charge in [0, 0.05) is 22.6 Å². The van der Waals surface area contributed by atoms with E-state index >= 15 is 0 Å². The molecule has 1 saturated heterocycles. The first-order chi connectivity index (χ1) is 15.0. The molecule has 1 aliphatic heterocycles. The molecule has 31 heavy (non-hydrogen) atoms. The summed E-state index contributed by atoms with van der Waals surface area (Å²) in [7, 11) is 1.65. The van der Waals surface area contributed by atoms with Gasteiger partial charge >= 0.3 is 0 Å². The molecule has 2 saturated carbocycles. The molecule has 6 atom stereocenters. The Labute approximate surface area is 181 Å². The molecule has 6 heteroatoms. The van der Waals surface area contributed by atoms with Gasteiger partial charge in [-0.25, -0.2) is 0 Å². The Balaban J connectivity index is 1.28. The number of methoxy groups -OCH3 is 1. The van der Waals surface area contributed by atoms with Gasteiger partial charge in [0.1, 0.15) is 5.75 Å². The van der Waals surface area contributed by atoms with Crippen molar-refractivity contribution in [1.29, 1.82) is 0 Å². The molecule has 2 amide bonds. The van der Waals surface area contributed by atoms with E-state index in [0.717, 1.165) is 39.8 Å². The standard InChI is InChI=1S/C25H25N3O3/c1-13-10-15(14(2)27(13)16-4-6-17(31-3)7-5-16)12-26-28-24(29)22-18-8-9-19(21-11-20(18)21)23(22)25(28)30/h4-10,12,18-23H,11H2,1-3H3/b26-12-/t18-,19-,20-,21+,22-,23+/m0/s1. The Kier molecular flexibility index (Phi) is 3.86. The van der Waals surface area contributed by atoms with Crippen LogP contribution in [0.25, 0.3) is 5.69 Å². The van der Waals surface area contributed by atoms with Crippen molar-refractivity contribution in [2.45, 2.75) is 20.3 Å². The lowest BCUT2D eigenvalue weighted by atomic mass is 9.63. The van der Waals surface area contributed by atoms with Gasteiger partial charge in [0.05, 0.1) is 25.2 Å². The molecule has 0 unspecified atom stereocenters. The number of ether oxygens (including phenoxy) is 1. The highest BCUT2D eigenvalue weighted by Crippen LogP contribution is 2.65. The topological polar surface area (TPSA) is 63.9 Å². The summed E-state index contributed by atoms with van der Waals surface area (Å²) in [5.41, 5.74) is 3.98. The summed E-state index contributed by atoms with van der Waals surface area (Å²) in [6.45, 7) is 4.05. The maximum Gasteiger partial charge on any atom is 0.254 e. The first-order valence-corrected chi connectivity index (χ1v) is 10.9. The largest absolute Gasteiger partial charge is 0.497 e. The third-order valence-electron chi connectivity index (χ3n) is 7.75. The molecule has 2 heterocycles. The van der Waals surface area contributed by atoms with Gasteiger partial charge in [0.2, 0.25) is 0 Å². The Morgan fingerprint density at radius 2 is 1.61 bits per heavy atom. The van der Waals surface area contributed by atoms with E-state index < -0.39 is 0 Å². The molecule has 5 aliphatic rings. The van der Waals surface area contributed by atoms with Crippen molar-refractivity contribution in [1.82, 2.24) is 9.58 Å². The summed E-state index contributed by atoms with van der Waals surface area (Å²) in [6.07, 6.45) is 7.18. The van der Waals surface area contributed by atoms with Gasteiger partial charge in [-0.15, -0.1) is 0 Å². The number of allylic oxidation sites excluding steroid dienone is 2. The number of hydrogen-bond acceptors (Lipinski definition) is 4. The van der Waals surface area contributed by atoms with Crippen LogP contribution in [0.15, 0.2) is 47.6 Å². The van der Waals surface area contributed by atoms with Gasteiger partial charge in [-0.2, -0.15) is 10.1 Å². The van der Waals surface area contributed by atoms with Gasteiger partial charge in [-0.1, -0.05) is 12.2 Å². The molecule has 0 radical (unpaired) electrons. The van der Waals surface area contributed by atoms with E-state index in [2.05, 4.69) is 21.8 Å². The Morgan fingerprint density at radius 1 is 1.00 bits per heavy atom. The maximum absolute atomic E-state index is 13.1. The van der Waals surface area contributed by atoms with Gasteiger partial charge in [-0.3, -0.25) is 9.59 Å². The molecule has 1 aromatic carbocycles. The van der Waals surface area contributed by atoms with E-state index in [1.807, 2.05) is 44.2 Å². The molecular weight excluding hydrogens is 390 g/mol. The second-order valence-electron chi connectivity index (χ2n) is 9.25. The number of hydrogen-bond donors (Lipinski definition) is 0. The van der Waals surface area contributed by atoms with Crippen molar-refractivity contribution in [3.63, 3.8) is 0 Å². The summed E-state index contributed by atoms with van der Waals surface area (Å²) < 4.78 is 7.38. The zero-order chi connectivity index (χ0) is 21.4. The normalized spacial score (nSPS) is 32.7. The molecule has 1 aromatic heterocycles. The lowest BCUT2D eigenvalue weighted by molar-refractivity contribution is -0.140. The van der Waals surface area contributed by atoms with Crippen LogP contribution in [0.4, 0.5) is 0 Å². The predicted octanol–water partition coefficient (Wildman–Crippen LogP) is 3.49. The van der Waals surface area contributed by atoms with Crippen LogP contribution in [-0.2, 0) is 9.59 Å². The maximum atomic E-state index is 13.1. The fourth-order valence-corrected chi connectivity index (χ4v) is 6.22. The number of aryl methyl sites for hydroxylation is 1. The van der Waals surface area contributed by atoms with Crippen LogP contribution in [0.1, 0.15) is 23.4 Å². The Hall–Kier alpha value is -3.15. The highest BCUT2D eigenvalue weighted by atomic mass is 16.5. The van der Waals surface area contributed by atoms with Crippen molar-refractivity contribution in [3.05, 3.63) is 59.4 Å². The molecule has 0 N–H and O–H groups in total. The molecule has 2 aromatic rings. The van der Waals surface area contributed by atoms with Crippen LogP contribution >= 0.6 is 0 Å². The molecule has 4 aliphatic carbocycles. The molecular formula is C25H25N3O3. The van der Waals surface area contributed by atoms with Crippen molar-refractivity contribution < 1.29 is 14.3 Å². The second-order valence-corrected chi connectivity index (χ2v) is 9.25. The number of nitrogens with zero attached hydrogens (tertiary/aromatic N) is 3. The van der Waals surface area contributed by atoms with Crippen molar-refractivity contribution >= 4 is 18.0 Å². The number of carbonyl (C=O) groups is 2. The quantitative estimate of drug-likeness (QED) is 0.436. The van der Waals surface area contributed by atoms with Crippen LogP contribution in [0.3, 0.4) is 0 Å². The minimum absolute atomic E-state index is 0.125. The highest BCUT2D eigenvalue weighted by Gasteiger charge is 2.67. The first kappa shape index (κ1) is 18.6. The van der Waals surface area contributed by atoms with E-state index in [1.165, 1.54) is 0 Å². The number of carbonyl (C=O) groups excluding carboxylic acids is 2. The predicted molar refractivity (Wildman–Crippen MR) is 116 cm³/mol. The molecule has 3 fully saturated rings. The third kappa shape index (κ3) is 2.54. The van der Waals surface area contributed by atoms with Gasteiger partial charge in [0.25, 0.3) is 11.8 Å². The highest BCUT2D eigenvalue weighted by molar-refractivity contribution is 6.06. The van der Waals surface area contributed by atoms with E-state index in [9.17, 15) is 9.59 Å². The van der Waals surface area contributed by atoms with Gasteiger partial charge in [0.15, 0.2) is 0 Å². The SMILES string of the molecule is COc1ccc(-n2c(C)cc(/C=N\N3C(=O)[C@@H]4[C@H]5C=C[C@@H]([C@@H]6C[C@H]56)[C@@H]4C3=O)c2C)cc1. The number of amides is 2. The summed E-state index contributed by atoms with van der Waals surface area (Å²) in [4.78, 5) is 26.2. The van der Waals surface area contributed by atoms with E-state index in [0.29, 0.717) is 11.8 Å². The zero-order valence-electron chi connectivity index (χ0n) is 17.9. The molecule has 7 rings (SSSR count). The van der Waals surface area contributed by atoms with Crippen LogP contribution in [0, 0.1) is 49.4 Å². The van der Waals surface area contributed by atoms with E-state index in [-0.39, 0.29) is 35.5 Å². The summed E-state index contributed by atoms with van der Waals surface area (Å²) in [5, 5.41) is 5.55. The van der Waals surface area contributed by atoms with Crippen molar-refractivity contribution in [2.75, 3.05) is 7.11 Å². The van der Waals surface area contributed by atoms with Crippen LogP contribution < -0.4 is 4.74 Å². The lowest BCUT2D eigenvalue weighted by Gasteiger charge is -2.37. The lowest BCUT2D eigenvalue weighted by Crippen LogP contribution is -2.40. The minimum atomic E-state index is -0.213. The number of hydrazone groups is 1. The average molecular weight is 415 g/mol. The number of rotatable bonds is 4.